The van der Waals surface area contributed by atoms with E-state index in [-0.39, 0.29) is 11.9 Å². The summed E-state index contributed by atoms with van der Waals surface area (Å²) < 4.78 is 13.7. The summed E-state index contributed by atoms with van der Waals surface area (Å²) in [6.45, 7) is 4.79. The van der Waals surface area contributed by atoms with E-state index in [9.17, 15) is 4.79 Å². The van der Waals surface area contributed by atoms with Gasteiger partial charge >= 0.3 is 0 Å². The lowest BCUT2D eigenvalue weighted by molar-refractivity contribution is -0.120. The number of nitrogens with zero attached hydrogens (tertiary/aromatic N) is 1. The Morgan fingerprint density at radius 3 is 2.34 bits per heavy atom. The Morgan fingerprint density at radius 2 is 1.61 bits per heavy atom. The van der Waals surface area contributed by atoms with Gasteiger partial charge in [0.2, 0.25) is 5.91 Å². The van der Waals surface area contributed by atoms with Crippen LogP contribution in [0, 0.1) is 0 Å². The number of hydrogen-bond donors (Lipinski definition) is 1. The Hall–Kier alpha value is -4.51. The normalized spacial score (nSPS) is 11.1. The van der Waals surface area contributed by atoms with Crippen LogP contribution >= 0.6 is 0 Å². The van der Waals surface area contributed by atoms with Gasteiger partial charge in [-0.15, -0.1) is 0 Å². The maximum Gasteiger partial charge on any atom is 0.224 e. The van der Waals surface area contributed by atoms with Crippen molar-refractivity contribution < 1.29 is 14.3 Å². The van der Waals surface area contributed by atoms with Crippen molar-refractivity contribution in [2.45, 2.75) is 32.9 Å². The average molecular weight is 505 g/mol. The molecule has 1 aromatic heterocycles. The lowest BCUT2D eigenvalue weighted by atomic mass is 10.0. The van der Waals surface area contributed by atoms with E-state index in [2.05, 4.69) is 54.2 Å². The molecular weight excluding hydrogens is 472 g/mol. The molecule has 1 amide bonds. The van der Waals surface area contributed by atoms with Crippen LogP contribution < -0.4 is 14.8 Å². The Morgan fingerprint density at radius 1 is 0.868 bits per heavy atom. The standard InChI is InChI=1S/C33H32N2O3/c1-23(2)35-22-26(20-33(36)34-21-24-13-16-27(37-3)17-14-24)30-19-25(15-18-31(30)35)29-11-7-8-12-32(29)38-28-9-5-4-6-10-28/h4-19,22-23H,20-21H2,1-3H3,(H,34,36). The number of rotatable bonds is 9. The summed E-state index contributed by atoms with van der Waals surface area (Å²) in [6.07, 6.45) is 2.41. The molecule has 0 aliphatic carbocycles. The Kier molecular flexibility index (Phi) is 7.45. The topological polar surface area (TPSA) is 52.5 Å². The summed E-state index contributed by atoms with van der Waals surface area (Å²) in [5.41, 5.74) is 5.20. The van der Waals surface area contributed by atoms with Crippen LogP contribution in [0.15, 0.2) is 103 Å². The Bertz CT molecular complexity index is 1540. The highest BCUT2D eigenvalue weighted by Gasteiger charge is 2.16. The number of ether oxygens (including phenoxy) is 2. The molecule has 0 fully saturated rings. The number of methoxy groups -OCH3 is 1. The third-order valence-corrected chi connectivity index (χ3v) is 6.64. The van der Waals surface area contributed by atoms with Gasteiger partial charge in [-0.25, -0.2) is 0 Å². The molecule has 0 aliphatic rings. The molecule has 4 aromatic carbocycles. The van der Waals surface area contributed by atoms with E-state index in [1.165, 1.54) is 0 Å². The molecular formula is C33H32N2O3. The lowest BCUT2D eigenvalue weighted by Gasteiger charge is -2.13. The number of amides is 1. The van der Waals surface area contributed by atoms with Crippen molar-refractivity contribution in [3.05, 3.63) is 114 Å². The predicted molar refractivity (Wildman–Crippen MR) is 153 cm³/mol. The number of hydrogen-bond acceptors (Lipinski definition) is 3. The van der Waals surface area contributed by atoms with Crippen molar-refractivity contribution in [1.29, 1.82) is 0 Å². The van der Waals surface area contributed by atoms with Gasteiger partial charge in [-0.2, -0.15) is 0 Å². The monoisotopic (exact) mass is 504 g/mol. The second-order valence-corrected chi connectivity index (χ2v) is 9.60. The average Bonchev–Trinajstić information content (AvgIpc) is 3.31. The molecule has 0 bridgehead atoms. The molecule has 0 saturated heterocycles. The van der Waals surface area contributed by atoms with Crippen LogP contribution in [0.3, 0.4) is 0 Å². The second kappa shape index (κ2) is 11.3. The third-order valence-electron chi connectivity index (χ3n) is 6.64. The highest BCUT2D eigenvalue weighted by atomic mass is 16.5. The van der Waals surface area contributed by atoms with Crippen LogP contribution in [0.1, 0.15) is 31.0 Å². The molecule has 0 aliphatic heterocycles. The summed E-state index contributed by atoms with van der Waals surface area (Å²) in [4.78, 5) is 13.0. The van der Waals surface area contributed by atoms with E-state index in [4.69, 9.17) is 9.47 Å². The SMILES string of the molecule is COc1ccc(CNC(=O)Cc2cn(C(C)C)c3ccc(-c4ccccc4Oc4ccccc4)cc23)cc1. The quantitative estimate of drug-likeness (QED) is 0.225. The number of nitrogens with one attached hydrogen (secondary N) is 1. The molecule has 5 rings (SSSR count). The van der Waals surface area contributed by atoms with Crippen LogP contribution in [0.25, 0.3) is 22.0 Å². The molecule has 38 heavy (non-hydrogen) atoms. The summed E-state index contributed by atoms with van der Waals surface area (Å²) in [5, 5.41) is 4.14. The van der Waals surface area contributed by atoms with E-state index in [0.717, 1.165) is 50.4 Å². The van der Waals surface area contributed by atoms with Gasteiger partial charge in [0, 0.05) is 35.2 Å². The van der Waals surface area contributed by atoms with Gasteiger partial charge in [-0.3, -0.25) is 4.79 Å². The lowest BCUT2D eigenvalue weighted by Crippen LogP contribution is -2.24. The van der Waals surface area contributed by atoms with Crippen LogP contribution in [0.4, 0.5) is 0 Å². The van der Waals surface area contributed by atoms with Gasteiger partial charge in [-0.05, 0) is 73.0 Å². The first kappa shape index (κ1) is 25.2. The molecule has 0 spiro atoms. The van der Waals surface area contributed by atoms with Crippen LogP contribution in [0.5, 0.6) is 17.2 Å². The first-order valence-corrected chi connectivity index (χ1v) is 12.9. The maximum atomic E-state index is 13.0. The van der Waals surface area contributed by atoms with Gasteiger partial charge in [0.25, 0.3) is 0 Å². The molecule has 1 heterocycles. The zero-order valence-corrected chi connectivity index (χ0v) is 22.0. The van der Waals surface area contributed by atoms with E-state index in [1.54, 1.807) is 7.11 Å². The van der Waals surface area contributed by atoms with Crippen LogP contribution in [-0.2, 0) is 17.8 Å². The van der Waals surface area contributed by atoms with Gasteiger partial charge in [0.1, 0.15) is 17.2 Å². The first-order valence-electron chi connectivity index (χ1n) is 12.9. The number of fused-ring (bicyclic) bond motifs is 1. The van der Waals surface area contributed by atoms with Gasteiger partial charge in [0.15, 0.2) is 0 Å². The van der Waals surface area contributed by atoms with Gasteiger partial charge < -0.3 is 19.4 Å². The van der Waals surface area contributed by atoms with Crippen molar-refractivity contribution in [2.24, 2.45) is 0 Å². The van der Waals surface area contributed by atoms with Gasteiger partial charge in [-0.1, -0.05) is 54.6 Å². The molecule has 5 heteroatoms. The predicted octanol–water partition coefficient (Wildman–Crippen LogP) is 7.55. The largest absolute Gasteiger partial charge is 0.497 e. The summed E-state index contributed by atoms with van der Waals surface area (Å²) >= 11 is 0. The zero-order valence-electron chi connectivity index (χ0n) is 22.0. The van der Waals surface area contributed by atoms with E-state index < -0.39 is 0 Å². The number of carbonyl (C=O) groups excluding carboxylic acids is 1. The molecule has 0 radical (unpaired) electrons. The summed E-state index contributed by atoms with van der Waals surface area (Å²) in [7, 11) is 1.64. The van der Waals surface area contributed by atoms with Gasteiger partial charge in [0.05, 0.1) is 13.5 Å². The minimum absolute atomic E-state index is 0.0122. The van der Waals surface area contributed by atoms with Crippen molar-refractivity contribution in [1.82, 2.24) is 9.88 Å². The molecule has 0 unspecified atom stereocenters. The van der Waals surface area contributed by atoms with Crippen LogP contribution in [-0.4, -0.2) is 17.6 Å². The molecule has 192 valence electrons. The number of benzene rings is 4. The minimum atomic E-state index is -0.0122. The molecule has 5 aromatic rings. The first-order chi connectivity index (χ1) is 18.5. The van der Waals surface area contributed by atoms with E-state index >= 15 is 0 Å². The number of para-hydroxylation sites is 2. The second-order valence-electron chi connectivity index (χ2n) is 9.60. The van der Waals surface area contributed by atoms with Crippen molar-refractivity contribution in [2.75, 3.05) is 7.11 Å². The fourth-order valence-electron chi connectivity index (χ4n) is 4.65. The maximum absolute atomic E-state index is 13.0. The van der Waals surface area contributed by atoms with E-state index in [0.29, 0.717) is 13.0 Å². The molecule has 1 N–H and O–H groups in total. The smallest absolute Gasteiger partial charge is 0.224 e. The summed E-state index contributed by atoms with van der Waals surface area (Å²) in [6, 6.07) is 32.3. The highest BCUT2D eigenvalue weighted by molar-refractivity contribution is 5.93. The van der Waals surface area contributed by atoms with Crippen molar-refractivity contribution in [3.63, 3.8) is 0 Å². The van der Waals surface area contributed by atoms with Crippen molar-refractivity contribution >= 4 is 16.8 Å². The Balaban J connectivity index is 1.42. The number of aromatic nitrogens is 1. The van der Waals surface area contributed by atoms with Crippen molar-refractivity contribution in [3.8, 4) is 28.4 Å². The zero-order chi connectivity index (χ0) is 26.5. The fraction of sp³-hybridized carbons (Fsp3) is 0.182. The van der Waals surface area contributed by atoms with E-state index in [1.807, 2.05) is 72.8 Å². The number of carbonyl (C=O) groups is 1. The summed E-state index contributed by atoms with van der Waals surface area (Å²) in [5.74, 6) is 2.37. The molecule has 0 atom stereocenters. The third kappa shape index (κ3) is 5.57. The van der Waals surface area contributed by atoms with Crippen LogP contribution in [0.2, 0.25) is 0 Å². The highest BCUT2D eigenvalue weighted by Crippen LogP contribution is 2.36. The minimum Gasteiger partial charge on any atom is -0.497 e. The molecule has 5 nitrogen and oxygen atoms in total. The Labute approximate surface area is 223 Å². The fourth-order valence-corrected chi connectivity index (χ4v) is 4.65. The molecule has 0 saturated carbocycles.